The summed E-state index contributed by atoms with van der Waals surface area (Å²) in [5.41, 5.74) is 5.17. The molecule has 1 rings (SSSR count). The largest absolute Gasteiger partial charge is 0.491 e. The molecule has 7 nitrogen and oxygen atoms in total. The van der Waals surface area contributed by atoms with Gasteiger partial charge in [-0.2, -0.15) is 13.5 Å². The van der Waals surface area contributed by atoms with Crippen LogP contribution in [0.4, 0.5) is 0 Å². The lowest BCUT2D eigenvalue weighted by Gasteiger charge is -2.21. The van der Waals surface area contributed by atoms with E-state index in [-0.39, 0.29) is 12.5 Å². The van der Waals surface area contributed by atoms with Crippen LogP contribution in [-0.4, -0.2) is 26.0 Å². The van der Waals surface area contributed by atoms with Crippen LogP contribution in [-0.2, 0) is 19.0 Å². The molecular formula is C3H7N3O4S. The molecule has 0 bridgehead atoms. The van der Waals surface area contributed by atoms with Gasteiger partial charge in [0.2, 0.25) is 0 Å². The Morgan fingerprint density at radius 3 is 2.82 bits per heavy atom. The van der Waals surface area contributed by atoms with E-state index >= 15 is 0 Å². The Hall–Kier alpha value is -1.02. The van der Waals surface area contributed by atoms with Crippen molar-refractivity contribution in [3.05, 3.63) is 0 Å². The quantitative estimate of drug-likeness (QED) is 0.542. The Bertz CT molecular complexity index is 270. The summed E-state index contributed by atoms with van der Waals surface area (Å²) in [5, 5.41) is 3.94. The van der Waals surface area contributed by atoms with Crippen molar-refractivity contribution in [2.45, 2.75) is 6.92 Å². The minimum atomic E-state index is -4.02. The average Bonchev–Trinajstić information content (AvgIpc) is 1.94. The fourth-order valence-corrected chi connectivity index (χ4v) is 1.10. The predicted molar refractivity (Wildman–Crippen MR) is 35.1 cm³/mol. The molecule has 0 aromatic rings. The lowest BCUT2D eigenvalue weighted by molar-refractivity contribution is -0.00911. The van der Waals surface area contributed by atoms with Crippen LogP contribution in [0.5, 0.6) is 0 Å². The molecule has 0 amide bonds. The first-order valence-electron chi connectivity index (χ1n) is 2.79. The number of hydroxylamine groups is 2. The molecule has 1 aliphatic heterocycles. The molecule has 8 heteroatoms. The van der Waals surface area contributed by atoms with Gasteiger partial charge in [-0.3, -0.25) is 0 Å². The van der Waals surface area contributed by atoms with Gasteiger partial charge < -0.3 is 5.73 Å². The minimum absolute atomic E-state index is 0.123. The Labute approximate surface area is 63.6 Å². The summed E-state index contributed by atoms with van der Waals surface area (Å²) < 4.78 is 29.2. The summed E-state index contributed by atoms with van der Waals surface area (Å²) in [6.07, 6.45) is 0. The Kier molecular flexibility index (Phi) is 1.87. The number of nitrogens with zero attached hydrogens (tertiary/aromatic N) is 2. The first-order chi connectivity index (χ1) is 5.05. The summed E-state index contributed by atoms with van der Waals surface area (Å²) in [6.45, 7) is 1.93. The van der Waals surface area contributed by atoms with Crippen LogP contribution in [0.3, 0.4) is 0 Å². The fourth-order valence-electron chi connectivity index (χ4n) is 0.506. The normalized spacial score (nSPS) is 22.3. The van der Waals surface area contributed by atoms with Crippen molar-refractivity contribution < 1.29 is 17.0 Å². The van der Waals surface area contributed by atoms with E-state index < -0.39 is 10.4 Å². The molecule has 0 aliphatic carbocycles. The smallest absolute Gasteiger partial charge is 0.365 e. The van der Waals surface area contributed by atoms with E-state index in [0.717, 1.165) is 5.06 Å². The molecule has 1 heterocycles. The second-order valence-corrected chi connectivity index (χ2v) is 2.82. The van der Waals surface area contributed by atoms with Gasteiger partial charge in [-0.25, -0.2) is 4.28 Å². The molecule has 0 unspecified atom stereocenters. The summed E-state index contributed by atoms with van der Waals surface area (Å²) in [4.78, 5) is 0. The SMILES string of the molecule is CCN1OS(=O)(=O)ON=C1N. The number of hydrogen-bond donors (Lipinski definition) is 1. The van der Waals surface area contributed by atoms with E-state index in [0.29, 0.717) is 0 Å². The van der Waals surface area contributed by atoms with Crippen molar-refractivity contribution in [3.8, 4) is 0 Å². The molecule has 11 heavy (non-hydrogen) atoms. The monoisotopic (exact) mass is 181 g/mol. The highest BCUT2D eigenvalue weighted by Crippen LogP contribution is 2.07. The minimum Gasteiger partial charge on any atom is -0.365 e. The third-order valence-corrected chi connectivity index (χ3v) is 1.57. The van der Waals surface area contributed by atoms with E-state index in [1.165, 1.54) is 0 Å². The van der Waals surface area contributed by atoms with E-state index in [9.17, 15) is 8.42 Å². The van der Waals surface area contributed by atoms with Crippen LogP contribution in [0, 0.1) is 0 Å². The van der Waals surface area contributed by atoms with E-state index in [1.807, 2.05) is 0 Å². The highest BCUT2D eigenvalue weighted by atomic mass is 32.3. The number of guanidine groups is 1. The topological polar surface area (TPSA) is 94.2 Å². The summed E-state index contributed by atoms with van der Waals surface area (Å²) in [6, 6.07) is 0. The fraction of sp³-hybridized carbons (Fsp3) is 0.667. The van der Waals surface area contributed by atoms with Crippen LogP contribution in [0.15, 0.2) is 5.16 Å². The Morgan fingerprint density at radius 2 is 2.36 bits per heavy atom. The lowest BCUT2D eigenvalue weighted by atomic mass is 10.7. The number of hydrogen-bond acceptors (Lipinski definition) is 7. The van der Waals surface area contributed by atoms with Gasteiger partial charge in [0, 0.05) is 6.54 Å². The highest BCUT2D eigenvalue weighted by Gasteiger charge is 2.25. The van der Waals surface area contributed by atoms with Crippen LogP contribution in [0.2, 0.25) is 0 Å². The van der Waals surface area contributed by atoms with Gasteiger partial charge in [0.15, 0.2) is 0 Å². The second kappa shape index (κ2) is 2.55. The summed E-state index contributed by atoms with van der Waals surface area (Å²) in [5.74, 6) is -0.123. The second-order valence-electron chi connectivity index (χ2n) is 1.70. The van der Waals surface area contributed by atoms with Crippen LogP contribution >= 0.6 is 0 Å². The first kappa shape index (κ1) is 8.08. The van der Waals surface area contributed by atoms with Crippen molar-refractivity contribution in [2.75, 3.05) is 6.54 Å². The standard InChI is InChI=1S/C3H7N3O4S/c1-2-6-3(4)5-9-11(7,8)10-6/h2H2,1H3,(H2,4,5). The Balaban J connectivity index is 2.85. The molecule has 0 fully saturated rings. The van der Waals surface area contributed by atoms with Crippen molar-refractivity contribution in [1.82, 2.24) is 5.06 Å². The third-order valence-electron chi connectivity index (χ3n) is 0.946. The van der Waals surface area contributed by atoms with Gasteiger partial charge in [-0.15, -0.1) is 4.28 Å². The van der Waals surface area contributed by atoms with Crippen LogP contribution in [0.1, 0.15) is 6.92 Å². The molecule has 64 valence electrons. The van der Waals surface area contributed by atoms with E-state index in [4.69, 9.17) is 5.73 Å². The molecule has 0 saturated carbocycles. The molecule has 1 aliphatic rings. The van der Waals surface area contributed by atoms with Gasteiger partial charge in [-0.1, -0.05) is 0 Å². The molecule has 0 saturated heterocycles. The zero-order valence-electron chi connectivity index (χ0n) is 5.72. The average molecular weight is 181 g/mol. The third kappa shape index (κ3) is 1.71. The maximum Gasteiger partial charge on any atom is 0.491 e. The van der Waals surface area contributed by atoms with Crippen molar-refractivity contribution >= 4 is 16.4 Å². The van der Waals surface area contributed by atoms with Gasteiger partial charge in [0.05, 0.1) is 0 Å². The Morgan fingerprint density at radius 1 is 1.73 bits per heavy atom. The molecule has 2 N–H and O–H groups in total. The van der Waals surface area contributed by atoms with Gasteiger partial charge >= 0.3 is 10.4 Å². The summed E-state index contributed by atoms with van der Waals surface area (Å²) in [7, 11) is -4.02. The van der Waals surface area contributed by atoms with Crippen molar-refractivity contribution in [3.63, 3.8) is 0 Å². The zero-order chi connectivity index (χ0) is 8.48. The first-order valence-corrected chi connectivity index (χ1v) is 4.12. The molecule has 0 aromatic carbocycles. The maximum absolute atomic E-state index is 10.5. The van der Waals surface area contributed by atoms with Gasteiger partial charge in [0.25, 0.3) is 5.96 Å². The molecule has 0 aromatic heterocycles. The number of oxime groups is 1. The lowest BCUT2D eigenvalue weighted by Crippen LogP contribution is -2.42. The van der Waals surface area contributed by atoms with Gasteiger partial charge in [0.1, 0.15) is 0 Å². The van der Waals surface area contributed by atoms with Crippen LogP contribution < -0.4 is 5.73 Å². The number of nitrogens with two attached hydrogens (primary N) is 1. The molecule has 0 radical (unpaired) electrons. The van der Waals surface area contributed by atoms with Crippen LogP contribution in [0.25, 0.3) is 0 Å². The predicted octanol–water partition coefficient (Wildman–Crippen LogP) is -1.26. The maximum atomic E-state index is 10.5. The molecule has 0 spiro atoms. The van der Waals surface area contributed by atoms with Crippen molar-refractivity contribution in [2.24, 2.45) is 10.9 Å². The summed E-state index contributed by atoms with van der Waals surface area (Å²) >= 11 is 0. The van der Waals surface area contributed by atoms with Gasteiger partial charge in [-0.05, 0) is 12.1 Å². The zero-order valence-corrected chi connectivity index (χ0v) is 6.54. The van der Waals surface area contributed by atoms with E-state index in [2.05, 4.69) is 13.7 Å². The number of rotatable bonds is 1. The van der Waals surface area contributed by atoms with Crippen molar-refractivity contribution in [1.29, 1.82) is 0 Å². The van der Waals surface area contributed by atoms with E-state index in [1.54, 1.807) is 6.92 Å². The molecular weight excluding hydrogens is 174 g/mol. The molecule has 0 atom stereocenters. The highest BCUT2D eigenvalue weighted by molar-refractivity contribution is 7.81.